The van der Waals surface area contributed by atoms with Gasteiger partial charge in [0.2, 0.25) is 0 Å². The molecule has 146 valence electrons. The molecule has 2 N–H and O–H groups in total. The molecule has 4 aliphatic rings. The first kappa shape index (κ1) is 17.2. The van der Waals surface area contributed by atoms with Gasteiger partial charge in [-0.05, 0) is 66.4 Å². The Labute approximate surface area is 172 Å². The number of hydrogen-bond acceptors (Lipinski definition) is 3. The van der Waals surface area contributed by atoms with Crippen LogP contribution in [0.25, 0.3) is 0 Å². The maximum absolute atomic E-state index is 6.55. The van der Waals surface area contributed by atoms with Crippen LogP contribution in [-0.4, -0.2) is 10.7 Å². The van der Waals surface area contributed by atoms with Gasteiger partial charge in [-0.25, -0.2) is 0 Å². The second kappa shape index (κ2) is 6.43. The van der Waals surface area contributed by atoms with Crippen LogP contribution in [0.15, 0.2) is 83.5 Å². The number of nitrogens with two attached hydrogens (primary N) is 1. The minimum absolute atomic E-state index is 0.0986. The molecule has 0 aromatic heterocycles. The highest BCUT2D eigenvalue weighted by molar-refractivity contribution is 6.02. The number of aliphatic imine (C=N–C) groups is 1. The quantitative estimate of drug-likeness (QED) is 0.772. The molecule has 3 heteroatoms. The fraction of sp³-hybridized carbons (Fsp3) is 0.346. The summed E-state index contributed by atoms with van der Waals surface area (Å²) >= 11 is 0. The molecule has 3 nitrogen and oxygen atoms in total. The predicted molar refractivity (Wildman–Crippen MR) is 117 cm³/mol. The molecule has 2 aromatic rings. The van der Waals surface area contributed by atoms with Crippen LogP contribution >= 0.6 is 0 Å². The van der Waals surface area contributed by atoms with Crippen LogP contribution in [0.2, 0.25) is 0 Å². The van der Waals surface area contributed by atoms with Crippen molar-refractivity contribution in [2.75, 3.05) is 0 Å². The zero-order chi connectivity index (χ0) is 19.4. The Bertz CT molecular complexity index is 1010. The molecule has 2 atom stereocenters. The first-order chi connectivity index (χ1) is 14.2. The summed E-state index contributed by atoms with van der Waals surface area (Å²) in [4.78, 5) is 7.70. The molecule has 2 unspecified atom stereocenters. The van der Waals surface area contributed by atoms with Crippen LogP contribution in [0, 0.1) is 5.92 Å². The van der Waals surface area contributed by atoms with Gasteiger partial charge in [0.15, 0.2) is 0 Å². The van der Waals surface area contributed by atoms with Gasteiger partial charge in [0.05, 0.1) is 6.04 Å². The summed E-state index contributed by atoms with van der Waals surface area (Å²) < 4.78 is 0. The predicted octanol–water partition coefficient (Wildman–Crippen LogP) is 5.38. The van der Waals surface area contributed by atoms with Gasteiger partial charge < -0.3 is 10.6 Å². The van der Waals surface area contributed by atoms with Crippen LogP contribution < -0.4 is 5.73 Å². The Balaban J connectivity index is 1.40. The van der Waals surface area contributed by atoms with Crippen LogP contribution in [0.4, 0.5) is 0 Å². The first-order valence-corrected chi connectivity index (χ1v) is 10.9. The smallest absolute Gasteiger partial charge is 0.132 e. The molecule has 2 aromatic carbocycles. The molecular weight excluding hydrogens is 354 g/mol. The Hall–Kier alpha value is -2.65. The Morgan fingerprint density at radius 1 is 0.931 bits per heavy atom. The lowest BCUT2D eigenvalue weighted by atomic mass is 9.72. The summed E-state index contributed by atoms with van der Waals surface area (Å²) in [5.41, 5.74) is 11.7. The normalized spacial score (nSPS) is 27.1. The van der Waals surface area contributed by atoms with Gasteiger partial charge in [-0.2, -0.15) is 0 Å². The summed E-state index contributed by atoms with van der Waals surface area (Å²) in [6.45, 7) is 0. The Morgan fingerprint density at radius 3 is 2.34 bits per heavy atom. The van der Waals surface area contributed by atoms with E-state index in [1.54, 1.807) is 0 Å². The number of hydrogen-bond donors (Lipinski definition) is 1. The molecule has 29 heavy (non-hydrogen) atoms. The summed E-state index contributed by atoms with van der Waals surface area (Å²) in [6, 6.07) is 20.1. The van der Waals surface area contributed by atoms with Crippen LogP contribution in [0.5, 0.6) is 0 Å². The molecule has 0 saturated heterocycles. The average Bonchev–Trinajstić information content (AvgIpc) is 3.52. The van der Waals surface area contributed by atoms with E-state index in [0.29, 0.717) is 5.92 Å². The Kier molecular flexibility index (Phi) is 3.82. The standard InChI is InChI=1S/C26H27N3/c27-26(15-5-16-26)21-13-11-19(12-14-21)23-24(20-6-2-1-3-7-20)29-17-4-8-22(18-9-10-18)25(29)28-23/h1-4,6-8,11-14,17-18,23-24H,5,9-10,15-16,27H2. The van der Waals surface area contributed by atoms with E-state index in [-0.39, 0.29) is 17.6 Å². The number of fused-ring (bicyclic) bond motifs is 1. The number of allylic oxidation sites excluding steroid dienone is 2. The highest BCUT2D eigenvalue weighted by atomic mass is 15.3. The van der Waals surface area contributed by atoms with Crippen molar-refractivity contribution in [2.24, 2.45) is 16.6 Å². The van der Waals surface area contributed by atoms with Crippen molar-refractivity contribution < 1.29 is 0 Å². The molecule has 2 saturated carbocycles. The van der Waals surface area contributed by atoms with Crippen molar-refractivity contribution in [2.45, 2.75) is 49.7 Å². The lowest BCUT2D eigenvalue weighted by Gasteiger charge is -2.38. The van der Waals surface area contributed by atoms with E-state index in [2.05, 4.69) is 77.8 Å². The molecular formula is C26H27N3. The summed E-state index contributed by atoms with van der Waals surface area (Å²) in [5, 5.41) is 0. The second-order valence-corrected chi connectivity index (χ2v) is 9.03. The third-order valence-electron chi connectivity index (χ3n) is 7.12. The monoisotopic (exact) mass is 381 g/mol. The molecule has 2 aliphatic heterocycles. The maximum atomic E-state index is 6.55. The van der Waals surface area contributed by atoms with Crippen molar-refractivity contribution in [3.05, 3.63) is 95.2 Å². The molecule has 0 bridgehead atoms. The zero-order valence-corrected chi connectivity index (χ0v) is 16.7. The van der Waals surface area contributed by atoms with E-state index < -0.39 is 0 Å². The third kappa shape index (κ3) is 2.79. The largest absolute Gasteiger partial charge is 0.323 e. The molecule has 2 aliphatic carbocycles. The first-order valence-electron chi connectivity index (χ1n) is 10.9. The number of rotatable bonds is 4. The molecule has 2 heterocycles. The van der Waals surface area contributed by atoms with Gasteiger partial charge in [0, 0.05) is 11.7 Å². The molecule has 2 fully saturated rings. The second-order valence-electron chi connectivity index (χ2n) is 9.03. The van der Waals surface area contributed by atoms with Gasteiger partial charge in [-0.1, -0.05) is 60.7 Å². The zero-order valence-electron chi connectivity index (χ0n) is 16.7. The maximum Gasteiger partial charge on any atom is 0.132 e. The topological polar surface area (TPSA) is 41.6 Å². The van der Waals surface area contributed by atoms with Gasteiger partial charge in [0.1, 0.15) is 11.9 Å². The van der Waals surface area contributed by atoms with E-state index in [9.17, 15) is 0 Å². The van der Waals surface area contributed by atoms with E-state index in [0.717, 1.165) is 12.8 Å². The summed E-state index contributed by atoms with van der Waals surface area (Å²) in [6.07, 6.45) is 12.7. The fourth-order valence-electron chi connectivity index (χ4n) is 5.08. The van der Waals surface area contributed by atoms with Crippen LogP contribution in [0.1, 0.15) is 60.9 Å². The summed E-state index contributed by atoms with van der Waals surface area (Å²) in [7, 11) is 0. The summed E-state index contributed by atoms with van der Waals surface area (Å²) in [5.74, 6) is 1.86. The minimum atomic E-state index is -0.110. The van der Waals surface area contributed by atoms with E-state index >= 15 is 0 Å². The minimum Gasteiger partial charge on any atom is -0.323 e. The van der Waals surface area contributed by atoms with Crippen molar-refractivity contribution in [1.82, 2.24) is 4.90 Å². The van der Waals surface area contributed by atoms with E-state index in [1.165, 1.54) is 47.4 Å². The van der Waals surface area contributed by atoms with Gasteiger partial charge in [-0.3, -0.25) is 4.99 Å². The van der Waals surface area contributed by atoms with Gasteiger partial charge in [0.25, 0.3) is 0 Å². The molecule has 0 amide bonds. The van der Waals surface area contributed by atoms with Crippen LogP contribution in [0.3, 0.4) is 0 Å². The van der Waals surface area contributed by atoms with Crippen LogP contribution in [-0.2, 0) is 5.54 Å². The van der Waals surface area contributed by atoms with E-state index in [4.69, 9.17) is 10.7 Å². The lowest BCUT2D eigenvalue weighted by molar-refractivity contribution is 0.253. The Morgan fingerprint density at radius 2 is 1.69 bits per heavy atom. The van der Waals surface area contributed by atoms with Gasteiger partial charge >= 0.3 is 0 Å². The van der Waals surface area contributed by atoms with E-state index in [1.807, 2.05) is 0 Å². The van der Waals surface area contributed by atoms with Crippen molar-refractivity contribution >= 4 is 5.84 Å². The fourth-order valence-corrected chi connectivity index (χ4v) is 5.08. The van der Waals surface area contributed by atoms with Gasteiger partial charge in [-0.15, -0.1) is 0 Å². The molecule has 0 radical (unpaired) electrons. The average molecular weight is 382 g/mol. The number of amidine groups is 1. The highest BCUT2D eigenvalue weighted by Gasteiger charge is 2.42. The highest BCUT2D eigenvalue weighted by Crippen LogP contribution is 2.48. The van der Waals surface area contributed by atoms with Crippen molar-refractivity contribution in [1.29, 1.82) is 0 Å². The number of nitrogens with zero attached hydrogens (tertiary/aromatic N) is 2. The molecule has 6 rings (SSSR count). The van der Waals surface area contributed by atoms with Crippen molar-refractivity contribution in [3.8, 4) is 0 Å². The van der Waals surface area contributed by atoms with Crippen molar-refractivity contribution in [3.63, 3.8) is 0 Å². The SMILES string of the molecule is NC1(c2ccc(C3N=C4C(C5CC5)=CC=CN4C3c3ccccc3)cc2)CCC1. The number of benzene rings is 2. The lowest BCUT2D eigenvalue weighted by Crippen LogP contribution is -2.43. The third-order valence-corrected chi connectivity index (χ3v) is 7.12. The molecule has 0 spiro atoms.